The van der Waals surface area contributed by atoms with Crippen LogP contribution in [0.1, 0.15) is 10.5 Å². The number of carbonyl (C=O) groups excluding carboxylic acids is 2. The molecule has 0 amide bonds. The van der Waals surface area contributed by atoms with Crippen molar-refractivity contribution in [2.45, 2.75) is 6.54 Å². The van der Waals surface area contributed by atoms with Gasteiger partial charge >= 0.3 is 5.97 Å². The molecule has 1 aromatic heterocycles. The van der Waals surface area contributed by atoms with Gasteiger partial charge in [-0.15, -0.1) is 0 Å². The molecule has 4 nitrogen and oxygen atoms in total. The number of nitrogens with zero attached hydrogens (tertiary/aromatic N) is 1. The zero-order valence-electron chi connectivity index (χ0n) is 9.00. The van der Waals surface area contributed by atoms with Gasteiger partial charge in [0.25, 0.3) is 0 Å². The second-order valence-electron chi connectivity index (χ2n) is 3.01. The summed E-state index contributed by atoms with van der Waals surface area (Å²) in [6.45, 7) is 0.590. The zero-order chi connectivity index (χ0) is 11.8. The molecule has 0 aliphatic rings. The van der Waals surface area contributed by atoms with E-state index in [0.29, 0.717) is 12.2 Å². The van der Waals surface area contributed by atoms with E-state index in [1.54, 1.807) is 22.8 Å². The minimum Gasteiger partial charge on any atom is -0.466 e. The highest BCUT2D eigenvalue weighted by Crippen LogP contribution is 1.99. The highest BCUT2D eigenvalue weighted by Gasteiger charge is 1.94. The van der Waals surface area contributed by atoms with Gasteiger partial charge in [0.2, 0.25) is 0 Å². The van der Waals surface area contributed by atoms with E-state index < -0.39 is 0 Å². The number of aldehydes is 1. The first-order valence-corrected chi connectivity index (χ1v) is 4.79. The third kappa shape index (κ3) is 3.57. The summed E-state index contributed by atoms with van der Waals surface area (Å²) in [5.74, 6) is -0.390. The monoisotopic (exact) mass is 219 g/mol. The van der Waals surface area contributed by atoms with Gasteiger partial charge in [0, 0.05) is 18.8 Å². The van der Waals surface area contributed by atoms with Crippen LogP contribution in [0, 0.1) is 0 Å². The molecule has 0 bridgehead atoms. The van der Waals surface area contributed by atoms with Crippen molar-refractivity contribution >= 4 is 12.3 Å². The van der Waals surface area contributed by atoms with Crippen molar-refractivity contribution in [3.8, 4) is 0 Å². The van der Waals surface area contributed by atoms with Gasteiger partial charge in [-0.2, -0.15) is 0 Å². The molecule has 0 atom stereocenters. The summed E-state index contributed by atoms with van der Waals surface area (Å²) in [4.78, 5) is 21.3. The van der Waals surface area contributed by atoms with Crippen molar-refractivity contribution in [2.24, 2.45) is 0 Å². The van der Waals surface area contributed by atoms with E-state index in [4.69, 9.17) is 0 Å². The van der Waals surface area contributed by atoms with Gasteiger partial charge in [0.15, 0.2) is 6.29 Å². The fourth-order valence-corrected chi connectivity index (χ4v) is 1.16. The van der Waals surface area contributed by atoms with Crippen LogP contribution >= 0.6 is 0 Å². The summed E-state index contributed by atoms with van der Waals surface area (Å²) >= 11 is 0. The average molecular weight is 219 g/mol. The fraction of sp³-hybridized carbons (Fsp3) is 0.167. The Morgan fingerprint density at radius 1 is 1.50 bits per heavy atom. The number of esters is 1. The maximum absolute atomic E-state index is 10.7. The molecule has 0 spiro atoms. The molecular weight excluding hydrogens is 206 g/mol. The molecule has 0 saturated carbocycles. The molecule has 0 unspecified atom stereocenters. The Labute approximate surface area is 93.8 Å². The maximum atomic E-state index is 10.7. The largest absolute Gasteiger partial charge is 0.466 e. The Kier molecular flexibility index (Phi) is 4.79. The molecule has 0 aromatic carbocycles. The van der Waals surface area contributed by atoms with E-state index in [1.165, 1.54) is 13.2 Å². The molecule has 0 fully saturated rings. The van der Waals surface area contributed by atoms with Crippen molar-refractivity contribution in [2.75, 3.05) is 7.11 Å². The normalized spacial score (nSPS) is 11.1. The van der Waals surface area contributed by atoms with Crippen molar-refractivity contribution in [1.29, 1.82) is 0 Å². The van der Waals surface area contributed by atoms with Crippen molar-refractivity contribution in [3.63, 3.8) is 0 Å². The van der Waals surface area contributed by atoms with Gasteiger partial charge < -0.3 is 9.30 Å². The smallest absolute Gasteiger partial charge is 0.330 e. The first-order chi connectivity index (χ1) is 7.77. The molecule has 0 aliphatic carbocycles. The highest BCUT2D eigenvalue weighted by molar-refractivity contribution is 5.82. The van der Waals surface area contributed by atoms with Crippen molar-refractivity contribution in [3.05, 3.63) is 48.3 Å². The van der Waals surface area contributed by atoms with Crippen LogP contribution in [0.25, 0.3) is 0 Å². The highest BCUT2D eigenvalue weighted by atomic mass is 16.5. The van der Waals surface area contributed by atoms with Crippen molar-refractivity contribution < 1.29 is 14.3 Å². The molecule has 16 heavy (non-hydrogen) atoms. The predicted octanol–water partition coefficient (Wildman–Crippen LogP) is 1.59. The first kappa shape index (κ1) is 12.0. The van der Waals surface area contributed by atoms with Gasteiger partial charge in [-0.3, -0.25) is 4.79 Å². The number of hydrogen-bond acceptors (Lipinski definition) is 3. The fourth-order valence-electron chi connectivity index (χ4n) is 1.16. The van der Waals surface area contributed by atoms with Crippen LogP contribution in [0.3, 0.4) is 0 Å². The Balaban J connectivity index is 2.46. The SMILES string of the molecule is COC(=O)/C=C/C=C/Cn1cccc1C=O. The van der Waals surface area contributed by atoms with Crippen LogP contribution in [-0.2, 0) is 16.1 Å². The standard InChI is InChI=1S/C12H13NO3/c1-16-12(15)7-3-2-4-8-13-9-5-6-11(13)10-14/h2-7,9-10H,8H2,1H3/b4-2+,7-3+. The summed E-state index contributed by atoms with van der Waals surface area (Å²) in [5.41, 5.74) is 0.626. The Bertz CT molecular complexity index is 416. The van der Waals surface area contributed by atoms with Crippen LogP contribution in [0.15, 0.2) is 42.6 Å². The molecule has 0 aliphatic heterocycles. The lowest BCUT2D eigenvalue weighted by atomic mass is 10.4. The van der Waals surface area contributed by atoms with E-state index in [0.717, 1.165) is 6.29 Å². The van der Waals surface area contributed by atoms with Crippen LogP contribution in [0.5, 0.6) is 0 Å². The lowest BCUT2D eigenvalue weighted by Gasteiger charge is -1.98. The lowest BCUT2D eigenvalue weighted by Crippen LogP contribution is -1.97. The van der Waals surface area contributed by atoms with Gasteiger partial charge in [-0.25, -0.2) is 4.79 Å². The van der Waals surface area contributed by atoms with Gasteiger partial charge in [-0.1, -0.05) is 18.2 Å². The predicted molar refractivity (Wildman–Crippen MR) is 60.1 cm³/mol. The quantitative estimate of drug-likeness (QED) is 0.327. The summed E-state index contributed by atoms with van der Waals surface area (Å²) in [7, 11) is 1.33. The van der Waals surface area contributed by atoms with Crippen LogP contribution in [-0.4, -0.2) is 23.9 Å². The molecular formula is C12H13NO3. The van der Waals surface area contributed by atoms with Crippen LogP contribution in [0.4, 0.5) is 0 Å². The Morgan fingerprint density at radius 2 is 2.31 bits per heavy atom. The van der Waals surface area contributed by atoms with E-state index >= 15 is 0 Å². The number of carbonyl (C=O) groups is 2. The molecule has 84 valence electrons. The van der Waals surface area contributed by atoms with E-state index in [1.807, 2.05) is 18.3 Å². The summed E-state index contributed by atoms with van der Waals surface area (Å²) in [6.07, 6.45) is 9.11. The molecule has 1 rings (SSSR count). The van der Waals surface area contributed by atoms with E-state index in [2.05, 4.69) is 4.74 Å². The zero-order valence-corrected chi connectivity index (χ0v) is 9.00. The minimum atomic E-state index is -0.390. The number of aromatic nitrogens is 1. The summed E-state index contributed by atoms with van der Waals surface area (Å²) < 4.78 is 6.23. The van der Waals surface area contributed by atoms with E-state index in [9.17, 15) is 9.59 Å². The van der Waals surface area contributed by atoms with Gasteiger partial charge in [-0.05, 0) is 12.1 Å². The first-order valence-electron chi connectivity index (χ1n) is 4.79. The maximum Gasteiger partial charge on any atom is 0.330 e. The molecule has 1 heterocycles. The molecule has 1 aromatic rings. The minimum absolute atomic E-state index is 0.390. The summed E-state index contributed by atoms with van der Waals surface area (Å²) in [5, 5.41) is 0. The molecule has 0 radical (unpaired) electrons. The number of allylic oxidation sites excluding steroid dienone is 3. The Hall–Kier alpha value is -2.10. The van der Waals surface area contributed by atoms with Crippen molar-refractivity contribution in [1.82, 2.24) is 4.57 Å². The molecule has 4 heteroatoms. The third-order valence-electron chi connectivity index (χ3n) is 1.97. The number of rotatable bonds is 5. The average Bonchev–Trinajstić information content (AvgIpc) is 2.75. The van der Waals surface area contributed by atoms with E-state index in [-0.39, 0.29) is 5.97 Å². The Morgan fingerprint density at radius 3 is 3.00 bits per heavy atom. The topological polar surface area (TPSA) is 48.3 Å². The van der Waals surface area contributed by atoms with Crippen LogP contribution < -0.4 is 0 Å². The second-order valence-corrected chi connectivity index (χ2v) is 3.01. The second kappa shape index (κ2) is 6.40. The van der Waals surface area contributed by atoms with Crippen LogP contribution in [0.2, 0.25) is 0 Å². The lowest BCUT2D eigenvalue weighted by molar-refractivity contribution is -0.134. The van der Waals surface area contributed by atoms with Gasteiger partial charge in [0.05, 0.1) is 12.8 Å². The number of ether oxygens (including phenoxy) is 1. The molecule has 0 saturated heterocycles. The number of hydrogen-bond donors (Lipinski definition) is 0. The van der Waals surface area contributed by atoms with Gasteiger partial charge in [0.1, 0.15) is 0 Å². The molecule has 0 N–H and O–H groups in total. The third-order valence-corrected chi connectivity index (χ3v) is 1.97. The number of methoxy groups -OCH3 is 1. The summed E-state index contributed by atoms with van der Waals surface area (Å²) in [6, 6.07) is 3.55.